The lowest BCUT2D eigenvalue weighted by Crippen LogP contribution is -2.26. The molecule has 1 amide bonds. The first-order valence-corrected chi connectivity index (χ1v) is 8.58. The van der Waals surface area contributed by atoms with Gasteiger partial charge in [0.1, 0.15) is 10.8 Å². The van der Waals surface area contributed by atoms with Gasteiger partial charge in [0.05, 0.1) is 7.11 Å². The van der Waals surface area contributed by atoms with E-state index in [1.807, 2.05) is 24.3 Å². The van der Waals surface area contributed by atoms with Gasteiger partial charge in [-0.3, -0.25) is 4.79 Å². The molecule has 0 aliphatic heterocycles. The van der Waals surface area contributed by atoms with Gasteiger partial charge in [-0.25, -0.2) is 9.97 Å². The summed E-state index contributed by atoms with van der Waals surface area (Å²) < 4.78 is 5.15. The van der Waals surface area contributed by atoms with Gasteiger partial charge in [-0.15, -0.1) is 0 Å². The van der Waals surface area contributed by atoms with Crippen LogP contribution in [0, 0.1) is 0 Å². The molecule has 0 unspecified atom stereocenters. The summed E-state index contributed by atoms with van der Waals surface area (Å²) in [6.07, 6.45) is 5.16. The first-order chi connectivity index (χ1) is 11.2. The number of carbonyl (C=O) groups excluding carboxylic acids is 1. The largest absolute Gasteiger partial charge is 0.497 e. The van der Waals surface area contributed by atoms with Crippen molar-refractivity contribution in [1.82, 2.24) is 15.3 Å². The van der Waals surface area contributed by atoms with Crippen LogP contribution in [0.1, 0.15) is 35.8 Å². The molecule has 2 rings (SSSR count). The highest BCUT2D eigenvalue weighted by molar-refractivity contribution is 7.98. The van der Waals surface area contributed by atoms with E-state index in [-0.39, 0.29) is 5.91 Å². The quantitative estimate of drug-likeness (QED) is 0.594. The lowest BCUT2D eigenvalue weighted by Gasteiger charge is -2.08. The fourth-order valence-corrected chi connectivity index (χ4v) is 2.84. The van der Waals surface area contributed by atoms with Crippen LogP contribution in [0.5, 0.6) is 5.75 Å². The number of nitrogens with one attached hydrogen (secondary N) is 1. The number of thioether (sulfide) groups is 1. The molecule has 0 aliphatic carbocycles. The second-order valence-electron chi connectivity index (χ2n) is 4.96. The molecule has 0 saturated carbocycles. The smallest absolute Gasteiger partial charge is 0.272 e. The van der Waals surface area contributed by atoms with Crippen molar-refractivity contribution in [3.8, 4) is 5.75 Å². The third kappa shape index (κ3) is 5.25. The van der Waals surface area contributed by atoms with E-state index in [0.29, 0.717) is 17.3 Å². The van der Waals surface area contributed by atoms with E-state index in [0.717, 1.165) is 29.9 Å². The molecular weight excluding hydrogens is 310 g/mol. The second kappa shape index (κ2) is 9.15. The molecule has 23 heavy (non-hydrogen) atoms. The Morgan fingerprint density at radius 3 is 2.65 bits per heavy atom. The lowest BCUT2D eigenvalue weighted by molar-refractivity contribution is 0.0944. The Balaban J connectivity index is 2.00. The average molecular weight is 331 g/mol. The van der Waals surface area contributed by atoms with Gasteiger partial charge in [0.2, 0.25) is 0 Å². The number of methoxy groups -OCH3 is 1. The number of amides is 1. The monoisotopic (exact) mass is 331 g/mol. The van der Waals surface area contributed by atoms with Gasteiger partial charge in [0, 0.05) is 24.7 Å². The number of hydrogen-bond acceptors (Lipinski definition) is 5. The molecule has 1 aromatic carbocycles. The van der Waals surface area contributed by atoms with Gasteiger partial charge in [0.25, 0.3) is 5.91 Å². The van der Waals surface area contributed by atoms with E-state index in [9.17, 15) is 4.79 Å². The third-order valence-corrected chi connectivity index (χ3v) is 4.28. The van der Waals surface area contributed by atoms with Crippen LogP contribution in [-0.2, 0) is 5.75 Å². The summed E-state index contributed by atoms with van der Waals surface area (Å²) >= 11 is 1.51. The van der Waals surface area contributed by atoms with Crippen molar-refractivity contribution in [1.29, 1.82) is 0 Å². The molecule has 0 atom stereocenters. The van der Waals surface area contributed by atoms with Crippen LogP contribution in [0.4, 0.5) is 0 Å². The van der Waals surface area contributed by atoms with Crippen LogP contribution in [0.15, 0.2) is 41.7 Å². The lowest BCUT2D eigenvalue weighted by atomic mass is 10.2. The summed E-state index contributed by atoms with van der Waals surface area (Å²) in [5.74, 6) is 1.39. The molecule has 0 bridgehead atoms. The maximum absolute atomic E-state index is 12.2. The molecule has 0 radical (unpaired) electrons. The van der Waals surface area contributed by atoms with Crippen molar-refractivity contribution < 1.29 is 9.53 Å². The van der Waals surface area contributed by atoms with Crippen LogP contribution in [0.3, 0.4) is 0 Å². The molecular formula is C17H21N3O2S. The zero-order valence-electron chi connectivity index (χ0n) is 13.4. The number of ether oxygens (including phenoxy) is 1. The van der Waals surface area contributed by atoms with E-state index >= 15 is 0 Å². The van der Waals surface area contributed by atoms with Gasteiger partial charge in [-0.05, 0) is 24.1 Å². The van der Waals surface area contributed by atoms with Crippen LogP contribution in [0.25, 0.3) is 0 Å². The molecule has 122 valence electrons. The number of aromatic nitrogens is 2. The summed E-state index contributed by atoms with van der Waals surface area (Å²) in [4.78, 5) is 20.7. The van der Waals surface area contributed by atoms with Gasteiger partial charge in [-0.1, -0.05) is 37.2 Å². The Labute approximate surface area is 140 Å². The predicted octanol–water partition coefficient (Wildman–Crippen LogP) is 3.31. The molecule has 0 saturated heterocycles. The van der Waals surface area contributed by atoms with Gasteiger partial charge < -0.3 is 10.1 Å². The fraction of sp³-hybridized carbons (Fsp3) is 0.353. The molecule has 0 aliphatic rings. The third-order valence-electron chi connectivity index (χ3n) is 3.23. The molecule has 5 nitrogen and oxygen atoms in total. The van der Waals surface area contributed by atoms with E-state index in [4.69, 9.17) is 4.74 Å². The van der Waals surface area contributed by atoms with Crippen LogP contribution < -0.4 is 10.1 Å². The van der Waals surface area contributed by atoms with Crippen molar-refractivity contribution in [2.24, 2.45) is 0 Å². The summed E-state index contributed by atoms with van der Waals surface area (Å²) in [5.41, 5.74) is 1.53. The first kappa shape index (κ1) is 17.3. The Morgan fingerprint density at radius 1 is 1.22 bits per heavy atom. The number of hydrogen-bond donors (Lipinski definition) is 1. The summed E-state index contributed by atoms with van der Waals surface area (Å²) in [5, 5.41) is 3.53. The zero-order chi connectivity index (χ0) is 16.5. The van der Waals surface area contributed by atoms with Crippen molar-refractivity contribution in [3.05, 3.63) is 47.9 Å². The first-order valence-electron chi connectivity index (χ1n) is 7.59. The molecule has 6 heteroatoms. The van der Waals surface area contributed by atoms with Crippen molar-refractivity contribution in [3.63, 3.8) is 0 Å². The summed E-state index contributed by atoms with van der Waals surface area (Å²) in [7, 11) is 1.65. The molecule has 2 aromatic rings. The minimum atomic E-state index is -0.163. The maximum atomic E-state index is 12.2. The number of benzene rings is 1. The normalized spacial score (nSPS) is 10.3. The Bertz CT molecular complexity index is 632. The number of rotatable bonds is 8. The Morgan fingerprint density at radius 2 is 1.96 bits per heavy atom. The molecule has 1 N–H and O–H groups in total. The zero-order valence-corrected chi connectivity index (χ0v) is 14.2. The Hall–Kier alpha value is -2.08. The van der Waals surface area contributed by atoms with Crippen LogP contribution in [-0.4, -0.2) is 29.5 Å². The minimum absolute atomic E-state index is 0.163. The van der Waals surface area contributed by atoms with Gasteiger partial charge in [-0.2, -0.15) is 0 Å². The molecule has 0 spiro atoms. The predicted molar refractivity (Wildman–Crippen MR) is 91.8 cm³/mol. The topological polar surface area (TPSA) is 64.1 Å². The second-order valence-corrected chi connectivity index (χ2v) is 5.92. The van der Waals surface area contributed by atoms with Crippen LogP contribution >= 0.6 is 11.8 Å². The fourth-order valence-electron chi connectivity index (χ4n) is 1.92. The van der Waals surface area contributed by atoms with E-state index in [1.165, 1.54) is 11.8 Å². The maximum Gasteiger partial charge on any atom is 0.272 e. The average Bonchev–Trinajstić information content (AvgIpc) is 2.60. The summed E-state index contributed by atoms with van der Waals surface area (Å²) in [6.45, 7) is 2.75. The van der Waals surface area contributed by atoms with Crippen LogP contribution in [0.2, 0.25) is 0 Å². The minimum Gasteiger partial charge on any atom is -0.497 e. The van der Waals surface area contributed by atoms with Crippen molar-refractivity contribution >= 4 is 17.7 Å². The van der Waals surface area contributed by atoms with Crippen molar-refractivity contribution in [2.75, 3.05) is 13.7 Å². The highest BCUT2D eigenvalue weighted by Crippen LogP contribution is 2.24. The van der Waals surface area contributed by atoms with Gasteiger partial charge >= 0.3 is 0 Å². The van der Waals surface area contributed by atoms with E-state index < -0.39 is 0 Å². The van der Waals surface area contributed by atoms with E-state index in [2.05, 4.69) is 22.2 Å². The molecule has 0 fully saturated rings. The van der Waals surface area contributed by atoms with Crippen molar-refractivity contribution in [2.45, 2.75) is 30.5 Å². The van der Waals surface area contributed by atoms with Gasteiger partial charge in [0.15, 0.2) is 5.69 Å². The summed E-state index contributed by atoms with van der Waals surface area (Å²) in [6, 6.07) is 7.85. The SMILES string of the molecule is CCCCNC(=O)c1nccnc1SCc1ccc(OC)cc1. The highest BCUT2D eigenvalue weighted by Gasteiger charge is 2.14. The highest BCUT2D eigenvalue weighted by atomic mass is 32.2. The molecule has 1 aromatic heterocycles. The standard InChI is InChI=1S/C17H21N3O2S/c1-3-4-9-19-16(21)15-17(20-11-10-18-15)23-12-13-5-7-14(22-2)8-6-13/h5-8,10-11H,3-4,9,12H2,1-2H3,(H,19,21). The molecule has 1 heterocycles. The number of nitrogens with zero attached hydrogens (tertiary/aromatic N) is 2. The Kier molecular flexibility index (Phi) is 6.87. The number of carbonyl (C=O) groups is 1. The number of unbranched alkanes of at least 4 members (excludes halogenated alkanes) is 1. The van der Waals surface area contributed by atoms with E-state index in [1.54, 1.807) is 19.5 Å².